The minimum atomic E-state index is -1.29. The lowest BCUT2D eigenvalue weighted by molar-refractivity contribution is -0.145. The Balaban J connectivity index is 1.45. The Hall–Kier alpha value is -3.75. The number of likely N-dealkylation sites (tertiary alicyclic amines) is 1. The third-order valence-electron chi connectivity index (χ3n) is 9.97. The second-order valence-electron chi connectivity index (χ2n) is 12.6. The quantitative estimate of drug-likeness (QED) is 0.334. The standard InChI is InChI=1S/C36H43N3O5/c1-4-35-18-12-21-37(27-14-8-7-9-15-27)32(41)29(35)30-33(42)39(20-10-5-6-11-23-40)31-34(43)38(22-13-19-36(30,31)44-35)28-24-25(2)16-17-26(28)3/h7-9,12-19,24,29-31,40H,4-6,10-11,20-23H2,1-3H3/t29-,30-,31?,35+,36-/m0/s1. The van der Waals surface area contributed by atoms with Gasteiger partial charge in [0.25, 0.3) is 5.91 Å². The molecule has 0 radical (unpaired) electrons. The summed E-state index contributed by atoms with van der Waals surface area (Å²) in [7, 11) is 0. The molecule has 232 valence electrons. The minimum absolute atomic E-state index is 0.132. The first kappa shape index (κ1) is 30.3. The van der Waals surface area contributed by atoms with Gasteiger partial charge in [0.05, 0.1) is 17.4 Å². The Morgan fingerprint density at radius 3 is 2.32 bits per heavy atom. The van der Waals surface area contributed by atoms with Crippen LogP contribution in [-0.2, 0) is 19.1 Å². The fourth-order valence-corrected chi connectivity index (χ4v) is 7.81. The number of aliphatic hydroxyl groups excluding tert-OH is 1. The Bertz CT molecular complexity index is 1490. The number of amides is 3. The molecule has 0 aliphatic carbocycles. The maximum atomic E-state index is 14.8. The van der Waals surface area contributed by atoms with Crippen molar-refractivity contribution in [1.29, 1.82) is 0 Å². The molecule has 1 unspecified atom stereocenters. The summed E-state index contributed by atoms with van der Waals surface area (Å²) < 4.78 is 7.12. The normalized spacial score (nSPS) is 29.5. The molecule has 0 saturated carbocycles. The first-order chi connectivity index (χ1) is 21.3. The van der Waals surface area contributed by atoms with Crippen molar-refractivity contribution < 1.29 is 24.2 Å². The zero-order chi connectivity index (χ0) is 31.1. The van der Waals surface area contributed by atoms with E-state index in [0.29, 0.717) is 38.9 Å². The Morgan fingerprint density at radius 1 is 0.841 bits per heavy atom. The molecule has 4 heterocycles. The third kappa shape index (κ3) is 4.79. The van der Waals surface area contributed by atoms with Crippen LogP contribution in [0.1, 0.15) is 50.2 Å². The Morgan fingerprint density at radius 2 is 1.57 bits per heavy atom. The minimum Gasteiger partial charge on any atom is -0.396 e. The van der Waals surface area contributed by atoms with E-state index in [2.05, 4.69) is 0 Å². The summed E-state index contributed by atoms with van der Waals surface area (Å²) in [5, 5.41) is 9.26. The number of anilines is 2. The van der Waals surface area contributed by atoms with Crippen molar-refractivity contribution in [2.45, 2.75) is 70.1 Å². The summed E-state index contributed by atoms with van der Waals surface area (Å²) in [5.41, 5.74) is 1.30. The number of rotatable bonds is 9. The lowest BCUT2D eigenvalue weighted by Crippen LogP contribution is -2.56. The monoisotopic (exact) mass is 597 g/mol. The number of ether oxygens (including phenoxy) is 1. The number of aryl methyl sites for hydroxylation is 2. The number of para-hydroxylation sites is 1. The average Bonchev–Trinajstić information content (AvgIpc) is 3.31. The zero-order valence-corrected chi connectivity index (χ0v) is 25.9. The van der Waals surface area contributed by atoms with Crippen LogP contribution in [0.25, 0.3) is 0 Å². The van der Waals surface area contributed by atoms with Crippen molar-refractivity contribution in [3.8, 4) is 0 Å². The van der Waals surface area contributed by atoms with Gasteiger partial charge in [-0.25, -0.2) is 0 Å². The van der Waals surface area contributed by atoms with Crippen molar-refractivity contribution in [3.63, 3.8) is 0 Å². The van der Waals surface area contributed by atoms with Gasteiger partial charge in [-0.1, -0.05) is 74.4 Å². The van der Waals surface area contributed by atoms with Crippen molar-refractivity contribution >= 4 is 29.1 Å². The summed E-state index contributed by atoms with van der Waals surface area (Å²) in [6.45, 7) is 7.23. The first-order valence-corrected chi connectivity index (χ1v) is 16.0. The van der Waals surface area contributed by atoms with Gasteiger partial charge in [0.1, 0.15) is 11.6 Å². The molecule has 2 aromatic rings. The van der Waals surface area contributed by atoms with E-state index in [4.69, 9.17) is 4.74 Å². The fraction of sp³-hybridized carbons (Fsp3) is 0.472. The highest BCUT2D eigenvalue weighted by atomic mass is 16.5. The zero-order valence-electron chi connectivity index (χ0n) is 25.9. The van der Waals surface area contributed by atoms with Crippen LogP contribution in [0.3, 0.4) is 0 Å². The molecule has 2 fully saturated rings. The molecular weight excluding hydrogens is 554 g/mol. The lowest BCUT2D eigenvalue weighted by Gasteiger charge is -2.38. The van der Waals surface area contributed by atoms with E-state index in [0.717, 1.165) is 35.3 Å². The predicted octanol–water partition coefficient (Wildman–Crippen LogP) is 4.72. The summed E-state index contributed by atoms with van der Waals surface area (Å²) >= 11 is 0. The molecule has 44 heavy (non-hydrogen) atoms. The molecule has 5 atom stereocenters. The second kappa shape index (κ2) is 12.0. The van der Waals surface area contributed by atoms with Gasteiger partial charge < -0.3 is 24.5 Å². The van der Waals surface area contributed by atoms with Crippen molar-refractivity contribution in [2.75, 3.05) is 36.0 Å². The van der Waals surface area contributed by atoms with Crippen LogP contribution in [-0.4, -0.2) is 71.2 Å². The van der Waals surface area contributed by atoms with Gasteiger partial charge in [-0.15, -0.1) is 0 Å². The molecular formula is C36H43N3O5. The highest BCUT2D eigenvalue weighted by molar-refractivity contribution is 6.08. The summed E-state index contributed by atoms with van der Waals surface area (Å²) in [6.07, 6.45) is 11.4. The van der Waals surface area contributed by atoms with Crippen LogP contribution in [0.15, 0.2) is 72.8 Å². The highest BCUT2D eigenvalue weighted by Gasteiger charge is 2.75. The van der Waals surface area contributed by atoms with E-state index in [1.807, 2.05) is 93.6 Å². The summed E-state index contributed by atoms with van der Waals surface area (Å²) in [6, 6.07) is 14.7. The number of carbonyl (C=O) groups excluding carboxylic acids is 3. The molecule has 2 aromatic carbocycles. The van der Waals surface area contributed by atoms with Gasteiger partial charge in [0, 0.05) is 37.6 Å². The number of fused-ring (bicyclic) bond motifs is 2. The van der Waals surface area contributed by atoms with Crippen LogP contribution < -0.4 is 9.80 Å². The summed E-state index contributed by atoms with van der Waals surface area (Å²) in [5.74, 6) is -2.17. The Labute approximate surface area is 260 Å². The van der Waals surface area contributed by atoms with Gasteiger partial charge >= 0.3 is 0 Å². The van der Waals surface area contributed by atoms with E-state index in [1.165, 1.54) is 0 Å². The lowest BCUT2D eigenvalue weighted by atomic mass is 9.73. The van der Waals surface area contributed by atoms with E-state index < -0.39 is 29.1 Å². The number of aliphatic hydroxyl groups is 1. The van der Waals surface area contributed by atoms with E-state index >= 15 is 0 Å². The fourth-order valence-electron chi connectivity index (χ4n) is 7.81. The largest absolute Gasteiger partial charge is 0.396 e. The predicted molar refractivity (Wildman–Crippen MR) is 170 cm³/mol. The van der Waals surface area contributed by atoms with E-state index in [1.54, 1.807) is 14.7 Å². The van der Waals surface area contributed by atoms with Crippen LogP contribution in [0.4, 0.5) is 11.4 Å². The third-order valence-corrected chi connectivity index (χ3v) is 9.97. The van der Waals surface area contributed by atoms with E-state index in [-0.39, 0.29) is 24.3 Å². The van der Waals surface area contributed by atoms with Crippen LogP contribution >= 0.6 is 0 Å². The van der Waals surface area contributed by atoms with Gasteiger partial charge in [-0.2, -0.15) is 0 Å². The molecule has 1 spiro atoms. The van der Waals surface area contributed by atoms with Gasteiger partial charge in [-0.3, -0.25) is 14.4 Å². The van der Waals surface area contributed by atoms with Crippen molar-refractivity contribution in [1.82, 2.24) is 4.90 Å². The Kier molecular flexibility index (Phi) is 8.24. The molecule has 3 amide bonds. The molecule has 6 rings (SSSR count). The molecule has 2 saturated heterocycles. The number of hydrogen-bond donors (Lipinski definition) is 1. The smallest absolute Gasteiger partial charge is 0.253 e. The number of nitrogens with zero attached hydrogens (tertiary/aromatic N) is 3. The molecule has 8 nitrogen and oxygen atoms in total. The van der Waals surface area contributed by atoms with Crippen LogP contribution in [0.2, 0.25) is 0 Å². The molecule has 8 heteroatoms. The molecule has 4 aliphatic heterocycles. The maximum Gasteiger partial charge on any atom is 0.253 e. The number of hydrogen-bond acceptors (Lipinski definition) is 5. The SMILES string of the molecule is CC[C@@]12C=CCN(c3ccccc3)C(=O)[C@@H]1[C@H]1C(=O)N(CCCCCCO)C3C(=O)N(c4cc(C)ccc4C)CC=C[C@@]31O2. The molecule has 4 aliphatic rings. The highest BCUT2D eigenvalue weighted by Crippen LogP contribution is 2.59. The molecule has 0 aromatic heterocycles. The van der Waals surface area contributed by atoms with Gasteiger partial charge in [-0.05, 0) is 62.4 Å². The van der Waals surface area contributed by atoms with Crippen LogP contribution in [0.5, 0.6) is 0 Å². The molecule has 1 N–H and O–H groups in total. The molecule has 0 bridgehead atoms. The summed E-state index contributed by atoms with van der Waals surface area (Å²) in [4.78, 5) is 49.4. The van der Waals surface area contributed by atoms with Gasteiger partial charge in [0.15, 0.2) is 0 Å². The van der Waals surface area contributed by atoms with Gasteiger partial charge in [0.2, 0.25) is 11.8 Å². The number of unbranched alkanes of at least 4 members (excludes halogenated alkanes) is 3. The number of carbonyl (C=O) groups is 3. The second-order valence-corrected chi connectivity index (χ2v) is 12.6. The van der Waals surface area contributed by atoms with E-state index in [9.17, 15) is 19.5 Å². The van der Waals surface area contributed by atoms with Crippen LogP contribution in [0, 0.1) is 25.7 Å². The average molecular weight is 598 g/mol. The topological polar surface area (TPSA) is 90.4 Å². The van der Waals surface area contributed by atoms with Crippen molar-refractivity contribution in [2.24, 2.45) is 11.8 Å². The number of benzene rings is 2. The maximum absolute atomic E-state index is 14.8. The van der Waals surface area contributed by atoms with Crippen molar-refractivity contribution in [3.05, 3.63) is 84.0 Å². The first-order valence-electron chi connectivity index (χ1n) is 16.0.